The summed E-state index contributed by atoms with van der Waals surface area (Å²) in [6, 6.07) is 7.78. The zero-order chi connectivity index (χ0) is 19.1. The average molecular weight is 379 g/mol. The number of methoxy groups -OCH3 is 2. The van der Waals surface area contributed by atoms with E-state index in [2.05, 4.69) is 15.2 Å². The Morgan fingerprint density at radius 3 is 2.62 bits per heavy atom. The zero-order valence-electron chi connectivity index (χ0n) is 16.0. The van der Waals surface area contributed by atoms with Crippen molar-refractivity contribution in [2.45, 2.75) is 13.0 Å². The molecule has 0 unspecified atom stereocenters. The number of nitrogens with one attached hydrogen (secondary N) is 1. The van der Waals surface area contributed by atoms with E-state index in [9.17, 15) is 0 Å². The zero-order valence-corrected chi connectivity index (χ0v) is 16.8. The van der Waals surface area contributed by atoms with Crippen LogP contribution in [0.3, 0.4) is 0 Å². The van der Waals surface area contributed by atoms with Crippen molar-refractivity contribution in [1.29, 1.82) is 0 Å². The molecular formula is C19H27ClN4O2. The highest BCUT2D eigenvalue weighted by atomic mass is 35.5. The molecule has 6 nitrogen and oxygen atoms in total. The van der Waals surface area contributed by atoms with Crippen molar-refractivity contribution in [1.82, 2.24) is 14.8 Å². The maximum Gasteiger partial charge on any atom is 0.193 e. The van der Waals surface area contributed by atoms with E-state index in [4.69, 9.17) is 21.1 Å². The first kappa shape index (κ1) is 20.0. The van der Waals surface area contributed by atoms with E-state index >= 15 is 0 Å². The Kier molecular flexibility index (Phi) is 7.21. The number of hydrogen-bond donors (Lipinski definition) is 1. The lowest BCUT2D eigenvalue weighted by Gasteiger charge is -2.22. The summed E-state index contributed by atoms with van der Waals surface area (Å²) in [5.41, 5.74) is 2.21. The second-order valence-corrected chi connectivity index (χ2v) is 6.45. The number of aryl methyl sites for hydroxylation is 1. The molecule has 7 heteroatoms. The smallest absolute Gasteiger partial charge is 0.193 e. The topological polar surface area (TPSA) is 51.0 Å². The van der Waals surface area contributed by atoms with Crippen LogP contribution in [0.4, 0.5) is 0 Å². The molecular weight excluding hydrogens is 352 g/mol. The highest BCUT2D eigenvalue weighted by molar-refractivity contribution is 6.30. The number of nitrogens with zero attached hydrogens (tertiary/aromatic N) is 3. The molecule has 0 radical (unpaired) electrons. The van der Waals surface area contributed by atoms with Gasteiger partial charge in [0.1, 0.15) is 11.5 Å². The van der Waals surface area contributed by atoms with Crippen LogP contribution >= 0.6 is 11.6 Å². The summed E-state index contributed by atoms with van der Waals surface area (Å²) in [4.78, 5) is 6.43. The molecule has 26 heavy (non-hydrogen) atoms. The van der Waals surface area contributed by atoms with Crippen LogP contribution in [0.25, 0.3) is 0 Å². The molecule has 0 amide bonds. The Labute approximate surface area is 160 Å². The maximum atomic E-state index is 6.06. The van der Waals surface area contributed by atoms with Gasteiger partial charge in [-0.05, 0) is 36.2 Å². The highest BCUT2D eigenvalue weighted by Crippen LogP contribution is 2.24. The lowest BCUT2D eigenvalue weighted by atomic mass is 10.1. The number of benzene rings is 1. The third-order valence-corrected chi connectivity index (χ3v) is 4.42. The van der Waals surface area contributed by atoms with Gasteiger partial charge in [-0.15, -0.1) is 0 Å². The number of rotatable bonds is 7. The molecule has 0 atom stereocenters. The van der Waals surface area contributed by atoms with Gasteiger partial charge in [0, 0.05) is 39.6 Å². The van der Waals surface area contributed by atoms with E-state index in [1.54, 1.807) is 21.3 Å². The summed E-state index contributed by atoms with van der Waals surface area (Å²) < 4.78 is 12.8. The highest BCUT2D eigenvalue weighted by Gasteiger charge is 2.10. The van der Waals surface area contributed by atoms with Crippen molar-refractivity contribution in [3.8, 4) is 11.5 Å². The van der Waals surface area contributed by atoms with Crippen LogP contribution in [-0.2, 0) is 20.0 Å². The average Bonchev–Trinajstić information content (AvgIpc) is 2.95. The van der Waals surface area contributed by atoms with E-state index in [1.807, 2.05) is 49.1 Å². The summed E-state index contributed by atoms with van der Waals surface area (Å²) in [6.07, 6.45) is 2.69. The number of halogens is 1. The fourth-order valence-electron chi connectivity index (χ4n) is 2.81. The SMILES string of the molecule is CN=C(NCCc1cc(OC)ccc1OC)N(C)Cc1cc(Cl)cn1C. The molecule has 142 valence electrons. The van der Waals surface area contributed by atoms with E-state index in [0.29, 0.717) is 6.54 Å². The molecule has 1 aromatic heterocycles. The Balaban J connectivity index is 1.95. The summed E-state index contributed by atoms with van der Waals surface area (Å²) in [6.45, 7) is 1.44. The lowest BCUT2D eigenvalue weighted by molar-refractivity contribution is 0.398. The van der Waals surface area contributed by atoms with Crippen molar-refractivity contribution in [3.05, 3.63) is 46.7 Å². The monoisotopic (exact) mass is 378 g/mol. The van der Waals surface area contributed by atoms with Gasteiger partial charge in [-0.1, -0.05) is 11.6 Å². The van der Waals surface area contributed by atoms with Crippen LogP contribution in [0, 0.1) is 0 Å². The lowest BCUT2D eigenvalue weighted by Crippen LogP contribution is -2.39. The van der Waals surface area contributed by atoms with Gasteiger partial charge >= 0.3 is 0 Å². The van der Waals surface area contributed by atoms with Crippen molar-refractivity contribution in [2.75, 3.05) is 34.9 Å². The maximum absolute atomic E-state index is 6.06. The summed E-state index contributed by atoms with van der Waals surface area (Å²) in [7, 11) is 9.11. The van der Waals surface area contributed by atoms with Crippen molar-refractivity contribution >= 4 is 17.6 Å². The minimum absolute atomic E-state index is 0.714. The predicted molar refractivity (Wildman–Crippen MR) is 107 cm³/mol. The molecule has 1 heterocycles. The molecule has 2 rings (SSSR count). The minimum atomic E-state index is 0.714. The molecule has 0 bridgehead atoms. The first-order valence-electron chi connectivity index (χ1n) is 8.42. The second kappa shape index (κ2) is 9.38. The van der Waals surface area contributed by atoms with Gasteiger partial charge in [0.25, 0.3) is 0 Å². The minimum Gasteiger partial charge on any atom is -0.497 e. The Morgan fingerprint density at radius 1 is 1.27 bits per heavy atom. The number of aliphatic imine (C=N–C) groups is 1. The summed E-state index contributed by atoms with van der Waals surface area (Å²) >= 11 is 6.06. The van der Waals surface area contributed by atoms with Crippen molar-refractivity contribution in [2.24, 2.45) is 12.0 Å². The Bertz CT molecular complexity index is 758. The van der Waals surface area contributed by atoms with Crippen LogP contribution in [0.1, 0.15) is 11.3 Å². The van der Waals surface area contributed by atoms with E-state index in [1.165, 1.54) is 0 Å². The molecule has 0 fully saturated rings. The normalized spacial score (nSPS) is 11.4. The van der Waals surface area contributed by atoms with Gasteiger partial charge in [0.05, 0.1) is 25.8 Å². The molecule has 1 aromatic carbocycles. The van der Waals surface area contributed by atoms with Gasteiger partial charge < -0.3 is 24.3 Å². The number of hydrogen-bond acceptors (Lipinski definition) is 3. The first-order chi connectivity index (χ1) is 12.5. The third-order valence-electron chi connectivity index (χ3n) is 4.21. The number of ether oxygens (including phenoxy) is 2. The van der Waals surface area contributed by atoms with Crippen LogP contribution in [-0.4, -0.2) is 50.3 Å². The number of guanidine groups is 1. The predicted octanol–water partition coefficient (Wildman–Crippen LogP) is 2.95. The van der Waals surface area contributed by atoms with Gasteiger partial charge in [-0.2, -0.15) is 0 Å². The molecule has 0 aliphatic heterocycles. The van der Waals surface area contributed by atoms with Gasteiger partial charge in [0.15, 0.2) is 5.96 Å². The second-order valence-electron chi connectivity index (χ2n) is 6.02. The Morgan fingerprint density at radius 2 is 2.04 bits per heavy atom. The molecule has 0 saturated carbocycles. The fraction of sp³-hybridized carbons (Fsp3) is 0.421. The fourth-order valence-corrected chi connectivity index (χ4v) is 3.08. The quantitative estimate of drug-likeness (QED) is 0.594. The molecule has 0 aliphatic rings. The van der Waals surface area contributed by atoms with Crippen molar-refractivity contribution < 1.29 is 9.47 Å². The van der Waals surface area contributed by atoms with Gasteiger partial charge in [-0.25, -0.2) is 0 Å². The molecule has 1 N–H and O–H groups in total. The van der Waals surface area contributed by atoms with Crippen LogP contribution < -0.4 is 14.8 Å². The third kappa shape index (κ3) is 5.08. The van der Waals surface area contributed by atoms with Crippen LogP contribution in [0.15, 0.2) is 35.5 Å². The van der Waals surface area contributed by atoms with E-state index in [0.717, 1.165) is 46.7 Å². The van der Waals surface area contributed by atoms with Crippen LogP contribution in [0.2, 0.25) is 5.02 Å². The Hall–Kier alpha value is -2.34. The largest absolute Gasteiger partial charge is 0.497 e. The first-order valence-corrected chi connectivity index (χ1v) is 8.79. The van der Waals surface area contributed by atoms with Gasteiger partial charge in [-0.3, -0.25) is 4.99 Å². The molecule has 0 aliphatic carbocycles. The van der Waals surface area contributed by atoms with Crippen LogP contribution in [0.5, 0.6) is 11.5 Å². The standard InChI is InChI=1S/C19H27ClN4O2/c1-21-19(24(3)13-16-11-15(20)12-23(16)2)22-9-8-14-10-17(25-4)6-7-18(14)26-5/h6-7,10-12H,8-9,13H2,1-5H3,(H,21,22). The molecule has 0 saturated heterocycles. The van der Waals surface area contributed by atoms with Crippen molar-refractivity contribution in [3.63, 3.8) is 0 Å². The molecule has 0 spiro atoms. The summed E-state index contributed by atoms with van der Waals surface area (Å²) in [5, 5.41) is 4.13. The summed E-state index contributed by atoms with van der Waals surface area (Å²) in [5.74, 6) is 2.50. The van der Waals surface area contributed by atoms with E-state index in [-0.39, 0.29) is 0 Å². The van der Waals surface area contributed by atoms with Gasteiger partial charge in [0.2, 0.25) is 0 Å². The number of aromatic nitrogens is 1. The van der Waals surface area contributed by atoms with E-state index < -0.39 is 0 Å². The molecule has 2 aromatic rings.